The highest BCUT2D eigenvalue weighted by Crippen LogP contribution is 2.27. The maximum absolute atomic E-state index is 12.2. The predicted molar refractivity (Wildman–Crippen MR) is 70.8 cm³/mol. The van der Waals surface area contributed by atoms with Crippen LogP contribution in [0.3, 0.4) is 0 Å². The molecule has 1 N–H and O–H groups in total. The van der Waals surface area contributed by atoms with Gasteiger partial charge in [-0.05, 0) is 18.2 Å². The van der Waals surface area contributed by atoms with Crippen LogP contribution in [-0.2, 0) is 4.74 Å². The second-order valence-electron chi connectivity index (χ2n) is 5.05. The van der Waals surface area contributed by atoms with Crippen LogP contribution in [0.1, 0.15) is 17.3 Å². The highest BCUT2D eigenvalue weighted by Gasteiger charge is 2.33. The van der Waals surface area contributed by atoms with Crippen LogP contribution in [0.15, 0.2) is 18.2 Å². The summed E-state index contributed by atoms with van der Waals surface area (Å²) >= 11 is 0. The highest BCUT2D eigenvalue weighted by molar-refractivity contribution is 5.97. The Balaban J connectivity index is 2.08. The second-order valence-corrected chi connectivity index (χ2v) is 5.05. The van der Waals surface area contributed by atoms with Crippen LogP contribution in [-0.4, -0.2) is 39.9 Å². The van der Waals surface area contributed by atoms with Crippen LogP contribution in [0.5, 0.6) is 11.5 Å². The van der Waals surface area contributed by atoms with Crippen molar-refractivity contribution in [1.82, 2.24) is 5.32 Å². The lowest BCUT2D eigenvalue weighted by Crippen LogP contribution is -2.48. The number of hydrogen-bond donors (Lipinski definition) is 1. The number of rotatable bonds is 5. The molecule has 104 valence electrons. The summed E-state index contributed by atoms with van der Waals surface area (Å²) in [6, 6.07) is 5.16. The predicted octanol–water partition coefficient (Wildman–Crippen LogP) is 1.47. The molecule has 0 spiro atoms. The maximum atomic E-state index is 12.2. The van der Waals surface area contributed by atoms with Crippen molar-refractivity contribution in [3.63, 3.8) is 0 Å². The molecule has 1 aromatic rings. The summed E-state index contributed by atoms with van der Waals surface area (Å²) in [5.41, 5.74) is 0.521. The third-order valence-electron chi connectivity index (χ3n) is 3.23. The van der Waals surface area contributed by atoms with E-state index >= 15 is 0 Å². The molecule has 1 aliphatic rings. The first-order valence-corrected chi connectivity index (χ1v) is 6.16. The van der Waals surface area contributed by atoms with Gasteiger partial charge in [0, 0.05) is 12.0 Å². The molecule has 1 heterocycles. The largest absolute Gasteiger partial charge is 0.497 e. The average Bonchev–Trinajstić information content (AvgIpc) is 2.41. The van der Waals surface area contributed by atoms with Crippen LogP contribution in [0.2, 0.25) is 0 Å². The highest BCUT2D eigenvalue weighted by atomic mass is 16.5. The zero-order valence-electron chi connectivity index (χ0n) is 11.5. The summed E-state index contributed by atoms with van der Waals surface area (Å²) in [5.74, 6) is 1.00. The van der Waals surface area contributed by atoms with Crippen molar-refractivity contribution >= 4 is 5.91 Å². The van der Waals surface area contributed by atoms with Crippen molar-refractivity contribution in [3.05, 3.63) is 23.8 Å². The van der Waals surface area contributed by atoms with Gasteiger partial charge >= 0.3 is 0 Å². The van der Waals surface area contributed by atoms with Crippen LogP contribution >= 0.6 is 0 Å². The fraction of sp³-hybridized carbons (Fsp3) is 0.500. The third-order valence-corrected chi connectivity index (χ3v) is 3.23. The number of nitrogens with one attached hydrogen (secondary N) is 1. The van der Waals surface area contributed by atoms with Crippen molar-refractivity contribution in [2.45, 2.75) is 6.92 Å². The van der Waals surface area contributed by atoms with Gasteiger partial charge in [0.15, 0.2) is 0 Å². The van der Waals surface area contributed by atoms with E-state index in [1.54, 1.807) is 32.4 Å². The van der Waals surface area contributed by atoms with Gasteiger partial charge in [-0.3, -0.25) is 4.79 Å². The molecule has 1 saturated heterocycles. The van der Waals surface area contributed by atoms with Crippen molar-refractivity contribution in [2.24, 2.45) is 5.41 Å². The summed E-state index contributed by atoms with van der Waals surface area (Å²) in [6.45, 7) is 4.04. The first-order valence-electron chi connectivity index (χ1n) is 6.16. The van der Waals surface area contributed by atoms with Crippen molar-refractivity contribution in [3.8, 4) is 11.5 Å². The molecule has 19 heavy (non-hydrogen) atoms. The molecule has 1 fully saturated rings. The normalized spacial score (nSPS) is 16.4. The molecule has 1 amide bonds. The fourth-order valence-corrected chi connectivity index (χ4v) is 1.93. The van der Waals surface area contributed by atoms with E-state index in [1.807, 2.05) is 0 Å². The third kappa shape index (κ3) is 2.98. The minimum atomic E-state index is -0.163. The Bertz CT molecular complexity index is 469. The van der Waals surface area contributed by atoms with E-state index < -0.39 is 0 Å². The van der Waals surface area contributed by atoms with E-state index in [2.05, 4.69) is 12.2 Å². The van der Waals surface area contributed by atoms with Crippen LogP contribution in [0.4, 0.5) is 0 Å². The molecule has 0 bridgehead atoms. The van der Waals surface area contributed by atoms with E-state index in [0.717, 1.165) is 0 Å². The van der Waals surface area contributed by atoms with Gasteiger partial charge in [-0.15, -0.1) is 0 Å². The quantitative estimate of drug-likeness (QED) is 0.876. The Morgan fingerprint density at radius 2 is 2.11 bits per heavy atom. The summed E-state index contributed by atoms with van der Waals surface area (Å²) < 4.78 is 15.5. The summed E-state index contributed by atoms with van der Waals surface area (Å²) in [5, 5.41) is 2.91. The van der Waals surface area contributed by atoms with Crippen LogP contribution in [0.25, 0.3) is 0 Å². The van der Waals surface area contributed by atoms with E-state index in [1.165, 1.54) is 0 Å². The molecule has 1 aliphatic heterocycles. The topological polar surface area (TPSA) is 56.8 Å². The molecule has 0 saturated carbocycles. The molecular formula is C14H19NO4. The van der Waals surface area contributed by atoms with E-state index in [9.17, 15) is 4.79 Å². The smallest absolute Gasteiger partial charge is 0.255 e. The Kier molecular flexibility index (Phi) is 3.95. The first kappa shape index (κ1) is 13.7. The molecule has 0 aromatic heterocycles. The fourth-order valence-electron chi connectivity index (χ4n) is 1.93. The van der Waals surface area contributed by atoms with Gasteiger partial charge in [-0.1, -0.05) is 6.92 Å². The molecule has 1 aromatic carbocycles. The summed E-state index contributed by atoms with van der Waals surface area (Å²) in [6.07, 6.45) is 0. The monoisotopic (exact) mass is 265 g/mol. The number of carbonyl (C=O) groups is 1. The number of benzene rings is 1. The Hall–Kier alpha value is -1.75. The van der Waals surface area contributed by atoms with Crippen molar-refractivity contribution in [2.75, 3.05) is 34.0 Å². The molecule has 0 radical (unpaired) electrons. The van der Waals surface area contributed by atoms with E-state index in [-0.39, 0.29) is 11.3 Å². The zero-order valence-corrected chi connectivity index (χ0v) is 11.5. The SMILES string of the molecule is COc1ccc(OC)c(C(=O)NCC2(C)COC2)c1. The van der Waals surface area contributed by atoms with Gasteiger partial charge < -0.3 is 19.5 Å². The minimum Gasteiger partial charge on any atom is -0.497 e. The van der Waals surface area contributed by atoms with Crippen LogP contribution < -0.4 is 14.8 Å². The standard InChI is InChI=1S/C14H19NO4/c1-14(8-19-9-14)7-15-13(16)11-6-10(17-2)4-5-12(11)18-3/h4-6H,7-9H2,1-3H3,(H,15,16). The maximum Gasteiger partial charge on any atom is 0.255 e. The van der Waals surface area contributed by atoms with Gasteiger partial charge in [0.25, 0.3) is 5.91 Å². The van der Waals surface area contributed by atoms with Gasteiger partial charge in [0.1, 0.15) is 11.5 Å². The lowest BCUT2D eigenvalue weighted by molar-refractivity contribution is -0.0978. The minimum absolute atomic E-state index is 0.0434. The Morgan fingerprint density at radius 1 is 1.37 bits per heavy atom. The van der Waals surface area contributed by atoms with Gasteiger partial charge in [0.2, 0.25) is 0 Å². The van der Waals surface area contributed by atoms with Crippen molar-refractivity contribution < 1.29 is 19.0 Å². The number of carbonyl (C=O) groups excluding carboxylic acids is 1. The van der Waals surface area contributed by atoms with Crippen LogP contribution in [0, 0.1) is 5.41 Å². The lowest BCUT2D eigenvalue weighted by atomic mass is 9.88. The van der Waals surface area contributed by atoms with Gasteiger partial charge in [0.05, 0.1) is 33.0 Å². The first-order chi connectivity index (χ1) is 9.08. The van der Waals surface area contributed by atoms with Gasteiger partial charge in [-0.25, -0.2) is 0 Å². The zero-order chi connectivity index (χ0) is 13.9. The molecule has 0 aliphatic carbocycles. The molecule has 5 nitrogen and oxygen atoms in total. The van der Waals surface area contributed by atoms with E-state index in [0.29, 0.717) is 36.8 Å². The van der Waals surface area contributed by atoms with Crippen molar-refractivity contribution in [1.29, 1.82) is 0 Å². The Labute approximate surface area is 112 Å². The lowest BCUT2D eigenvalue weighted by Gasteiger charge is -2.38. The van der Waals surface area contributed by atoms with E-state index in [4.69, 9.17) is 14.2 Å². The molecule has 0 atom stereocenters. The second kappa shape index (κ2) is 5.48. The Morgan fingerprint density at radius 3 is 2.63 bits per heavy atom. The summed E-state index contributed by atoms with van der Waals surface area (Å²) in [4.78, 5) is 12.2. The van der Waals surface area contributed by atoms with Gasteiger partial charge in [-0.2, -0.15) is 0 Å². The summed E-state index contributed by atoms with van der Waals surface area (Å²) in [7, 11) is 3.11. The number of amides is 1. The molecule has 5 heteroatoms. The number of methoxy groups -OCH3 is 2. The number of hydrogen-bond acceptors (Lipinski definition) is 4. The molecular weight excluding hydrogens is 246 g/mol. The number of ether oxygens (including phenoxy) is 3. The molecule has 0 unspecified atom stereocenters. The molecule has 2 rings (SSSR count). The average molecular weight is 265 g/mol.